The van der Waals surface area contributed by atoms with Gasteiger partial charge in [-0.15, -0.1) is 10.2 Å². The molecule has 6 heteroatoms. The summed E-state index contributed by atoms with van der Waals surface area (Å²) < 4.78 is 0. The van der Waals surface area contributed by atoms with Crippen molar-refractivity contribution in [3.05, 3.63) is 72.3 Å². The lowest BCUT2D eigenvalue weighted by Gasteiger charge is -2.11. The van der Waals surface area contributed by atoms with Gasteiger partial charge >= 0.3 is 0 Å². The van der Waals surface area contributed by atoms with Crippen molar-refractivity contribution < 1.29 is 4.79 Å². The van der Waals surface area contributed by atoms with E-state index in [-0.39, 0.29) is 5.91 Å². The summed E-state index contributed by atoms with van der Waals surface area (Å²) in [4.78, 5) is 12.3. The highest BCUT2D eigenvalue weighted by atomic mass is 16.1. The number of anilines is 2. The topological polar surface area (TPSA) is 90.7 Å². The van der Waals surface area contributed by atoms with Gasteiger partial charge in [-0.05, 0) is 43.2 Å². The van der Waals surface area contributed by atoms with E-state index in [0.717, 1.165) is 16.9 Å². The zero-order chi connectivity index (χ0) is 18.7. The van der Waals surface area contributed by atoms with Crippen LogP contribution in [0.25, 0.3) is 11.3 Å². The summed E-state index contributed by atoms with van der Waals surface area (Å²) in [5.74, 6) is 0.339. The number of amides is 1. The highest BCUT2D eigenvalue weighted by Crippen LogP contribution is 2.34. The van der Waals surface area contributed by atoms with Crippen LogP contribution in [0.2, 0.25) is 0 Å². The first kappa shape index (κ1) is 16.7. The summed E-state index contributed by atoms with van der Waals surface area (Å²) in [6.45, 7) is 0. The van der Waals surface area contributed by atoms with Gasteiger partial charge in [0.1, 0.15) is 5.54 Å². The molecule has 132 valence electrons. The van der Waals surface area contributed by atoms with Gasteiger partial charge < -0.3 is 10.6 Å². The Labute approximate surface area is 156 Å². The summed E-state index contributed by atoms with van der Waals surface area (Å²) in [5.41, 5.74) is 2.34. The summed E-state index contributed by atoms with van der Waals surface area (Å²) in [7, 11) is 0. The van der Waals surface area contributed by atoms with Crippen LogP contribution in [0.1, 0.15) is 23.2 Å². The molecule has 1 fully saturated rings. The highest BCUT2D eigenvalue weighted by molar-refractivity contribution is 5.96. The van der Waals surface area contributed by atoms with Crippen LogP contribution in [0, 0.1) is 11.3 Å². The smallest absolute Gasteiger partial charge is 0.252 e. The molecule has 2 N–H and O–H groups in total. The summed E-state index contributed by atoms with van der Waals surface area (Å²) in [6, 6.07) is 22.8. The molecule has 0 bridgehead atoms. The Morgan fingerprint density at radius 3 is 2.48 bits per heavy atom. The molecule has 1 aliphatic rings. The number of benzene rings is 2. The predicted molar refractivity (Wildman–Crippen MR) is 102 cm³/mol. The first-order chi connectivity index (χ1) is 13.2. The molecule has 1 saturated carbocycles. The number of hydrogen-bond donors (Lipinski definition) is 2. The van der Waals surface area contributed by atoms with E-state index in [1.54, 1.807) is 18.2 Å². The van der Waals surface area contributed by atoms with Crippen LogP contribution in [-0.2, 0) is 0 Å². The normalized spacial score (nSPS) is 14.0. The molecule has 6 nitrogen and oxygen atoms in total. The van der Waals surface area contributed by atoms with Gasteiger partial charge in [0.2, 0.25) is 0 Å². The van der Waals surface area contributed by atoms with Gasteiger partial charge in [-0.2, -0.15) is 5.26 Å². The van der Waals surface area contributed by atoms with Crippen molar-refractivity contribution in [3.8, 4) is 17.3 Å². The van der Waals surface area contributed by atoms with E-state index >= 15 is 0 Å². The van der Waals surface area contributed by atoms with Gasteiger partial charge in [0.15, 0.2) is 5.82 Å². The number of nitrogens with one attached hydrogen (secondary N) is 2. The van der Waals surface area contributed by atoms with E-state index in [4.69, 9.17) is 5.26 Å². The van der Waals surface area contributed by atoms with Gasteiger partial charge in [0, 0.05) is 16.8 Å². The molecular formula is C21H17N5O. The fraction of sp³-hybridized carbons (Fsp3) is 0.143. The Morgan fingerprint density at radius 2 is 1.81 bits per heavy atom. The van der Waals surface area contributed by atoms with Crippen LogP contribution in [0.3, 0.4) is 0 Å². The Morgan fingerprint density at radius 1 is 1.00 bits per heavy atom. The van der Waals surface area contributed by atoms with Crippen LogP contribution in [0.15, 0.2) is 66.7 Å². The van der Waals surface area contributed by atoms with Crippen molar-refractivity contribution in [2.75, 3.05) is 5.32 Å². The maximum Gasteiger partial charge on any atom is 0.252 e. The largest absolute Gasteiger partial charge is 0.339 e. The van der Waals surface area contributed by atoms with Crippen molar-refractivity contribution in [2.45, 2.75) is 18.4 Å². The number of aromatic nitrogens is 2. The zero-order valence-electron chi connectivity index (χ0n) is 14.5. The fourth-order valence-electron chi connectivity index (χ4n) is 2.73. The Kier molecular flexibility index (Phi) is 4.27. The van der Waals surface area contributed by atoms with E-state index in [2.05, 4.69) is 26.9 Å². The van der Waals surface area contributed by atoms with Crippen molar-refractivity contribution in [2.24, 2.45) is 0 Å². The highest BCUT2D eigenvalue weighted by Gasteiger charge is 2.44. The van der Waals surface area contributed by atoms with E-state index in [0.29, 0.717) is 24.2 Å². The molecular weight excluding hydrogens is 338 g/mol. The van der Waals surface area contributed by atoms with Crippen LogP contribution >= 0.6 is 0 Å². The number of carbonyl (C=O) groups is 1. The number of rotatable bonds is 5. The SMILES string of the molecule is N#CC1(NC(=O)c2cccc(Nc3ccc(-c4ccccc4)nn3)c2)CC1. The first-order valence-corrected chi connectivity index (χ1v) is 8.67. The van der Waals surface area contributed by atoms with Crippen molar-refractivity contribution in [1.82, 2.24) is 15.5 Å². The summed E-state index contributed by atoms with van der Waals surface area (Å²) in [6.07, 6.45) is 1.41. The van der Waals surface area contributed by atoms with Crippen molar-refractivity contribution in [3.63, 3.8) is 0 Å². The predicted octanol–water partition coefficient (Wildman–Crippen LogP) is 3.67. The number of nitriles is 1. The minimum Gasteiger partial charge on any atom is -0.339 e. The molecule has 0 saturated heterocycles. The van der Waals surface area contributed by atoms with Gasteiger partial charge in [-0.1, -0.05) is 36.4 Å². The number of nitrogens with zero attached hydrogens (tertiary/aromatic N) is 3. The van der Waals surface area contributed by atoms with Gasteiger partial charge in [0.05, 0.1) is 11.8 Å². The summed E-state index contributed by atoms with van der Waals surface area (Å²) in [5, 5.41) is 23.5. The number of hydrogen-bond acceptors (Lipinski definition) is 5. The first-order valence-electron chi connectivity index (χ1n) is 8.67. The quantitative estimate of drug-likeness (QED) is 0.729. The molecule has 4 rings (SSSR count). The molecule has 3 aromatic rings. The van der Waals surface area contributed by atoms with Crippen LogP contribution < -0.4 is 10.6 Å². The second-order valence-electron chi connectivity index (χ2n) is 6.52. The molecule has 2 aromatic carbocycles. The molecule has 0 spiro atoms. The molecule has 1 aromatic heterocycles. The fourth-order valence-corrected chi connectivity index (χ4v) is 2.73. The molecule has 1 amide bonds. The third-order valence-electron chi connectivity index (χ3n) is 4.45. The Hall–Kier alpha value is -3.72. The van der Waals surface area contributed by atoms with Crippen molar-refractivity contribution in [1.29, 1.82) is 5.26 Å². The minimum absolute atomic E-state index is 0.247. The average Bonchev–Trinajstić information content (AvgIpc) is 3.49. The lowest BCUT2D eigenvalue weighted by atomic mass is 10.1. The molecule has 0 aliphatic heterocycles. The van der Waals surface area contributed by atoms with Gasteiger partial charge in [-0.3, -0.25) is 4.79 Å². The lowest BCUT2D eigenvalue weighted by molar-refractivity contribution is 0.0941. The van der Waals surface area contributed by atoms with Crippen LogP contribution in [0.4, 0.5) is 11.5 Å². The zero-order valence-corrected chi connectivity index (χ0v) is 14.5. The van der Waals surface area contributed by atoms with Crippen LogP contribution in [0.5, 0.6) is 0 Å². The molecule has 27 heavy (non-hydrogen) atoms. The third-order valence-corrected chi connectivity index (χ3v) is 4.45. The molecule has 0 radical (unpaired) electrons. The monoisotopic (exact) mass is 355 g/mol. The minimum atomic E-state index is -0.681. The molecule has 1 aliphatic carbocycles. The number of carbonyl (C=O) groups excluding carboxylic acids is 1. The van der Waals surface area contributed by atoms with E-state index in [9.17, 15) is 4.79 Å². The van der Waals surface area contributed by atoms with Gasteiger partial charge in [-0.25, -0.2) is 0 Å². The van der Waals surface area contributed by atoms with Crippen molar-refractivity contribution >= 4 is 17.4 Å². The standard InChI is InChI=1S/C21H17N5O/c22-14-21(11-12-21)24-20(27)16-7-4-8-17(13-16)23-19-10-9-18(25-26-19)15-5-2-1-3-6-15/h1-10,13H,11-12H2,(H,23,26)(H,24,27). The average molecular weight is 355 g/mol. The van der Waals surface area contributed by atoms with E-state index in [1.807, 2.05) is 48.5 Å². The molecule has 0 atom stereocenters. The van der Waals surface area contributed by atoms with Crippen LogP contribution in [-0.4, -0.2) is 21.6 Å². The maximum atomic E-state index is 12.3. The molecule has 0 unspecified atom stereocenters. The third kappa shape index (κ3) is 3.77. The Balaban J connectivity index is 1.47. The second-order valence-corrected chi connectivity index (χ2v) is 6.52. The van der Waals surface area contributed by atoms with E-state index < -0.39 is 5.54 Å². The van der Waals surface area contributed by atoms with E-state index in [1.165, 1.54) is 0 Å². The van der Waals surface area contributed by atoms with Gasteiger partial charge in [0.25, 0.3) is 5.91 Å². The second kappa shape index (κ2) is 6.89. The Bertz CT molecular complexity index is 1000. The lowest BCUT2D eigenvalue weighted by Crippen LogP contribution is -2.35. The molecule has 1 heterocycles. The summed E-state index contributed by atoms with van der Waals surface area (Å²) >= 11 is 0. The maximum absolute atomic E-state index is 12.3.